The van der Waals surface area contributed by atoms with Crippen molar-refractivity contribution in [2.45, 2.75) is 39.0 Å². The second-order valence-electron chi connectivity index (χ2n) is 5.11. The molecule has 4 heteroatoms. The Kier molecular flexibility index (Phi) is 3.53. The average Bonchev–Trinajstić information content (AvgIpc) is 3.12. The topological polar surface area (TPSA) is 57.5 Å². The number of hydrogen-bond donors (Lipinski definition) is 2. The third kappa shape index (κ3) is 2.46. The van der Waals surface area contributed by atoms with E-state index in [0.29, 0.717) is 16.5 Å². The molecule has 1 fully saturated rings. The molecular weight excluding hydrogens is 252 g/mol. The van der Waals surface area contributed by atoms with E-state index in [9.17, 15) is 9.90 Å². The largest absolute Gasteiger partial charge is 0.506 e. The predicted molar refractivity (Wildman–Crippen MR) is 70.3 cm³/mol. The molecule has 0 aromatic heterocycles. The number of halogens is 1. The van der Waals surface area contributed by atoms with Gasteiger partial charge in [-0.25, -0.2) is 0 Å². The van der Waals surface area contributed by atoms with Crippen LogP contribution in [0.15, 0.2) is 6.07 Å². The van der Waals surface area contributed by atoms with Gasteiger partial charge in [0, 0.05) is 5.92 Å². The lowest BCUT2D eigenvalue weighted by Crippen LogP contribution is -2.09. The van der Waals surface area contributed by atoms with Gasteiger partial charge in [-0.05, 0) is 49.3 Å². The highest BCUT2D eigenvalue weighted by Crippen LogP contribution is 2.49. The molecule has 1 aliphatic carbocycles. The van der Waals surface area contributed by atoms with Gasteiger partial charge >= 0.3 is 5.97 Å². The Hall–Kier alpha value is -1.22. The van der Waals surface area contributed by atoms with Gasteiger partial charge in [0.2, 0.25) is 0 Å². The van der Waals surface area contributed by atoms with E-state index >= 15 is 0 Å². The molecule has 0 amide bonds. The summed E-state index contributed by atoms with van der Waals surface area (Å²) in [4.78, 5) is 10.9. The van der Waals surface area contributed by atoms with Crippen molar-refractivity contribution in [2.75, 3.05) is 0 Å². The van der Waals surface area contributed by atoms with Crippen molar-refractivity contribution in [2.24, 2.45) is 5.92 Å². The molecule has 3 nitrogen and oxygen atoms in total. The Balaban J connectivity index is 2.44. The molecule has 0 heterocycles. The molecule has 0 bridgehead atoms. The minimum Gasteiger partial charge on any atom is -0.506 e. The number of aryl methyl sites for hydroxylation is 1. The number of rotatable bonds is 4. The second-order valence-corrected chi connectivity index (χ2v) is 5.49. The van der Waals surface area contributed by atoms with Crippen molar-refractivity contribution < 1.29 is 15.0 Å². The maximum absolute atomic E-state index is 10.9. The quantitative estimate of drug-likeness (QED) is 0.877. The van der Waals surface area contributed by atoms with Gasteiger partial charge in [-0.2, -0.15) is 0 Å². The van der Waals surface area contributed by atoms with Crippen LogP contribution in [0.1, 0.15) is 41.9 Å². The van der Waals surface area contributed by atoms with E-state index in [-0.39, 0.29) is 18.1 Å². The summed E-state index contributed by atoms with van der Waals surface area (Å²) in [5.74, 6) is -0.539. The molecule has 1 aliphatic rings. The zero-order chi connectivity index (χ0) is 13.4. The van der Waals surface area contributed by atoms with Crippen LogP contribution in [0.25, 0.3) is 0 Å². The summed E-state index contributed by atoms with van der Waals surface area (Å²) in [5.41, 5.74) is 2.53. The van der Waals surface area contributed by atoms with Crippen LogP contribution in [0.5, 0.6) is 5.75 Å². The van der Waals surface area contributed by atoms with Gasteiger partial charge < -0.3 is 10.2 Å². The summed E-state index contributed by atoms with van der Waals surface area (Å²) < 4.78 is 0. The van der Waals surface area contributed by atoms with E-state index in [0.717, 1.165) is 24.0 Å². The van der Waals surface area contributed by atoms with Gasteiger partial charge in [-0.15, -0.1) is 0 Å². The minimum absolute atomic E-state index is 0.0526. The molecule has 0 aliphatic heterocycles. The van der Waals surface area contributed by atoms with Crippen molar-refractivity contribution in [3.8, 4) is 5.75 Å². The van der Waals surface area contributed by atoms with Crippen molar-refractivity contribution in [1.82, 2.24) is 0 Å². The minimum atomic E-state index is -0.833. The molecule has 1 saturated carbocycles. The number of carboxylic acids is 1. The monoisotopic (exact) mass is 268 g/mol. The lowest BCUT2D eigenvalue weighted by molar-refractivity contribution is -0.137. The molecule has 2 rings (SSSR count). The van der Waals surface area contributed by atoms with Gasteiger partial charge in [0.25, 0.3) is 0 Å². The fourth-order valence-electron chi connectivity index (χ4n) is 2.39. The number of aliphatic carboxylic acids is 1. The maximum Gasteiger partial charge on any atom is 0.303 e. The van der Waals surface area contributed by atoms with Gasteiger partial charge in [0.1, 0.15) is 5.75 Å². The number of aromatic hydroxyl groups is 1. The van der Waals surface area contributed by atoms with Crippen LogP contribution >= 0.6 is 11.6 Å². The first-order chi connectivity index (χ1) is 8.41. The second kappa shape index (κ2) is 4.81. The molecule has 0 saturated heterocycles. The van der Waals surface area contributed by atoms with E-state index in [2.05, 4.69) is 0 Å². The highest BCUT2D eigenvalue weighted by Gasteiger charge is 2.35. The Morgan fingerprint density at radius 3 is 2.61 bits per heavy atom. The molecule has 1 unspecified atom stereocenters. The van der Waals surface area contributed by atoms with Crippen LogP contribution in [-0.4, -0.2) is 16.2 Å². The summed E-state index contributed by atoms with van der Waals surface area (Å²) >= 11 is 6.10. The molecule has 0 radical (unpaired) electrons. The van der Waals surface area contributed by atoms with Gasteiger partial charge in [-0.3, -0.25) is 4.79 Å². The van der Waals surface area contributed by atoms with E-state index in [1.165, 1.54) is 0 Å². The molecule has 1 atom stereocenters. The van der Waals surface area contributed by atoms with E-state index < -0.39 is 5.97 Å². The molecule has 98 valence electrons. The number of phenols is 1. The first-order valence-electron chi connectivity index (χ1n) is 6.12. The molecular formula is C14H17ClO3. The number of carbonyl (C=O) groups is 1. The molecule has 0 spiro atoms. The summed E-state index contributed by atoms with van der Waals surface area (Å²) in [7, 11) is 0. The zero-order valence-electron chi connectivity index (χ0n) is 10.5. The van der Waals surface area contributed by atoms with Crippen LogP contribution in [0.2, 0.25) is 5.02 Å². The Labute approximate surface area is 111 Å². The number of carboxylic acid groups (broad SMARTS) is 1. The summed E-state index contributed by atoms with van der Waals surface area (Å²) in [6, 6.07) is 1.88. The lowest BCUT2D eigenvalue weighted by atomic mass is 9.88. The van der Waals surface area contributed by atoms with Crippen LogP contribution in [0.3, 0.4) is 0 Å². The van der Waals surface area contributed by atoms with Crippen molar-refractivity contribution in [3.63, 3.8) is 0 Å². The summed E-state index contributed by atoms with van der Waals surface area (Å²) in [5, 5.41) is 19.5. The third-order valence-electron chi connectivity index (χ3n) is 3.76. The summed E-state index contributed by atoms with van der Waals surface area (Å²) in [6.45, 7) is 3.78. The van der Waals surface area contributed by atoms with Crippen molar-refractivity contribution in [3.05, 3.63) is 27.8 Å². The van der Waals surface area contributed by atoms with E-state index in [1.807, 2.05) is 19.9 Å². The smallest absolute Gasteiger partial charge is 0.303 e. The molecule has 18 heavy (non-hydrogen) atoms. The highest BCUT2D eigenvalue weighted by molar-refractivity contribution is 6.33. The lowest BCUT2D eigenvalue weighted by Gasteiger charge is -2.19. The third-order valence-corrected chi connectivity index (χ3v) is 4.22. The highest BCUT2D eigenvalue weighted by atomic mass is 35.5. The van der Waals surface area contributed by atoms with Crippen LogP contribution in [-0.2, 0) is 4.79 Å². The molecule has 1 aromatic carbocycles. The average molecular weight is 269 g/mol. The van der Waals surface area contributed by atoms with Crippen molar-refractivity contribution >= 4 is 17.6 Å². The SMILES string of the molecule is Cc1cc(C(CC(=O)O)C2CC2)c(O)c(Cl)c1C. The number of hydrogen-bond acceptors (Lipinski definition) is 2. The van der Waals surface area contributed by atoms with Crippen LogP contribution in [0, 0.1) is 19.8 Å². The molecule has 1 aromatic rings. The summed E-state index contributed by atoms with van der Waals surface area (Å²) in [6.07, 6.45) is 2.11. The van der Waals surface area contributed by atoms with Crippen LogP contribution in [0.4, 0.5) is 0 Å². The first-order valence-corrected chi connectivity index (χ1v) is 6.50. The fourth-order valence-corrected chi connectivity index (χ4v) is 2.65. The van der Waals surface area contributed by atoms with Crippen LogP contribution < -0.4 is 0 Å². The number of benzene rings is 1. The van der Waals surface area contributed by atoms with E-state index in [1.54, 1.807) is 0 Å². The fraction of sp³-hybridized carbons (Fsp3) is 0.500. The Bertz CT molecular complexity index is 492. The molecule has 2 N–H and O–H groups in total. The standard InChI is InChI=1S/C14H17ClO3/c1-7-5-11(14(18)13(15)8(7)2)10(6-12(16)17)9-3-4-9/h5,9-10,18H,3-4,6H2,1-2H3,(H,16,17). The van der Waals surface area contributed by atoms with E-state index in [4.69, 9.17) is 16.7 Å². The Morgan fingerprint density at radius 2 is 2.11 bits per heavy atom. The van der Waals surface area contributed by atoms with Gasteiger partial charge in [0.05, 0.1) is 11.4 Å². The predicted octanol–water partition coefficient (Wildman–Crippen LogP) is 3.63. The van der Waals surface area contributed by atoms with Gasteiger partial charge in [0.15, 0.2) is 0 Å². The zero-order valence-corrected chi connectivity index (χ0v) is 11.3. The number of phenolic OH excluding ortho intramolecular Hbond substituents is 1. The first kappa shape index (κ1) is 13.2. The van der Waals surface area contributed by atoms with Gasteiger partial charge in [-0.1, -0.05) is 17.7 Å². The normalized spacial score (nSPS) is 16.6. The maximum atomic E-state index is 10.9. The van der Waals surface area contributed by atoms with Crippen molar-refractivity contribution in [1.29, 1.82) is 0 Å². The Morgan fingerprint density at radius 1 is 1.50 bits per heavy atom.